The van der Waals surface area contributed by atoms with Crippen LogP contribution in [0.25, 0.3) is 0 Å². The smallest absolute Gasteiger partial charge is 0.315 e. The monoisotopic (exact) mass is 564 g/mol. The topological polar surface area (TPSA) is 117 Å². The number of esters is 1. The third-order valence-corrected chi connectivity index (χ3v) is 8.62. The van der Waals surface area contributed by atoms with Gasteiger partial charge in [-0.3, -0.25) is 24.7 Å². The van der Waals surface area contributed by atoms with E-state index >= 15 is 0 Å². The summed E-state index contributed by atoms with van der Waals surface area (Å²) in [6.45, 7) is 1.67. The summed E-state index contributed by atoms with van der Waals surface area (Å²) in [5, 5.41) is 12.9. The maximum Gasteiger partial charge on any atom is 0.315 e. The van der Waals surface area contributed by atoms with Crippen molar-refractivity contribution in [2.24, 2.45) is 10.9 Å². The lowest BCUT2D eigenvalue weighted by Crippen LogP contribution is -2.39. The van der Waals surface area contributed by atoms with Gasteiger partial charge < -0.3 is 14.2 Å². The molecular formula is C30H29ClN2O7. The van der Waals surface area contributed by atoms with E-state index in [0.717, 1.165) is 37.7 Å². The van der Waals surface area contributed by atoms with Crippen molar-refractivity contribution < 1.29 is 28.7 Å². The molecule has 1 saturated carbocycles. The second-order valence-electron chi connectivity index (χ2n) is 10.9. The number of ether oxygens (including phenoxy) is 3. The maximum atomic E-state index is 13.9. The van der Waals surface area contributed by atoms with E-state index in [9.17, 15) is 19.7 Å². The number of rotatable bonds is 5. The molecule has 0 amide bonds. The van der Waals surface area contributed by atoms with E-state index in [0.29, 0.717) is 34.2 Å². The molecule has 40 heavy (non-hydrogen) atoms. The van der Waals surface area contributed by atoms with Gasteiger partial charge in [0.2, 0.25) is 6.79 Å². The Hall–Kier alpha value is -3.72. The van der Waals surface area contributed by atoms with E-state index in [2.05, 4.69) is 0 Å². The summed E-state index contributed by atoms with van der Waals surface area (Å²) >= 11 is 6.08. The van der Waals surface area contributed by atoms with Crippen molar-refractivity contribution in [1.82, 2.24) is 0 Å². The van der Waals surface area contributed by atoms with Crippen molar-refractivity contribution >= 4 is 34.8 Å². The number of halogens is 1. The number of Topliss-reactive ketones (excluding diaryl/α,β-unsaturated/α-hetero) is 1. The molecule has 3 atom stereocenters. The average Bonchev–Trinajstić information content (AvgIpc) is 3.40. The van der Waals surface area contributed by atoms with Crippen molar-refractivity contribution in [3.05, 3.63) is 73.9 Å². The van der Waals surface area contributed by atoms with E-state index in [4.69, 9.17) is 30.8 Å². The Morgan fingerprint density at radius 3 is 2.48 bits per heavy atom. The van der Waals surface area contributed by atoms with E-state index in [1.54, 1.807) is 19.1 Å². The highest BCUT2D eigenvalue weighted by atomic mass is 35.5. The molecule has 2 aromatic carbocycles. The molecule has 0 radical (unpaired) electrons. The van der Waals surface area contributed by atoms with Crippen LogP contribution in [0.4, 0.5) is 5.69 Å². The quantitative estimate of drug-likeness (QED) is 0.233. The van der Waals surface area contributed by atoms with Gasteiger partial charge in [0, 0.05) is 39.9 Å². The van der Waals surface area contributed by atoms with Crippen molar-refractivity contribution in [3.63, 3.8) is 0 Å². The predicted octanol–water partition coefficient (Wildman–Crippen LogP) is 6.43. The van der Waals surface area contributed by atoms with Gasteiger partial charge in [0.15, 0.2) is 17.3 Å². The minimum Gasteiger partial charge on any atom is -0.462 e. The first kappa shape index (κ1) is 26.5. The van der Waals surface area contributed by atoms with Crippen LogP contribution < -0.4 is 9.47 Å². The predicted molar refractivity (Wildman–Crippen MR) is 147 cm³/mol. The highest BCUT2D eigenvalue weighted by Crippen LogP contribution is 2.51. The van der Waals surface area contributed by atoms with E-state index in [1.165, 1.54) is 12.1 Å². The molecule has 1 fully saturated rings. The van der Waals surface area contributed by atoms with Crippen LogP contribution in [0.3, 0.4) is 0 Å². The molecule has 4 aliphatic rings. The minimum absolute atomic E-state index is 0.0656. The summed E-state index contributed by atoms with van der Waals surface area (Å²) in [4.78, 5) is 44.3. The number of aliphatic imine (C=N–C) groups is 1. The van der Waals surface area contributed by atoms with Gasteiger partial charge in [0.1, 0.15) is 12.0 Å². The van der Waals surface area contributed by atoms with Crippen LogP contribution >= 0.6 is 11.6 Å². The van der Waals surface area contributed by atoms with Crippen molar-refractivity contribution in [1.29, 1.82) is 0 Å². The van der Waals surface area contributed by atoms with Crippen LogP contribution in [-0.2, 0) is 14.3 Å². The molecule has 0 N–H and O–H groups in total. The van der Waals surface area contributed by atoms with E-state index in [1.807, 2.05) is 12.1 Å². The molecule has 2 aliphatic heterocycles. The number of nitrogens with zero attached hydrogens (tertiary/aromatic N) is 2. The molecule has 9 nitrogen and oxygen atoms in total. The SMILES string of the molecule is CC1=NC2=C(C(=O)C[C@H](c3ccc(Cl)cc3)C2)[C@@H](c2cc3c(cc2[N+](=O)[O-])OCO3)C1C(=O)OC1CCCCC1. The van der Waals surface area contributed by atoms with Gasteiger partial charge in [-0.2, -0.15) is 0 Å². The fourth-order valence-electron chi connectivity index (χ4n) is 6.45. The molecule has 6 rings (SSSR count). The Balaban J connectivity index is 1.46. The van der Waals surface area contributed by atoms with Gasteiger partial charge in [-0.25, -0.2) is 0 Å². The van der Waals surface area contributed by atoms with Gasteiger partial charge in [-0.05, 0) is 68.7 Å². The molecule has 0 bridgehead atoms. The van der Waals surface area contributed by atoms with Gasteiger partial charge in [-0.15, -0.1) is 0 Å². The van der Waals surface area contributed by atoms with Crippen molar-refractivity contribution in [2.75, 3.05) is 6.79 Å². The van der Waals surface area contributed by atoms with Crippen molar-refractivity contribution in [3.8, 4) is 11.5 Å². The zero-order valence-electron chi connectivity index (χ0n) is 22.1. The summed E-state index contributed by atoms with van der Waals surface area (Å²) in [6, 6.07) is 10.2. The highest BCUT2D eigenvalue weighted by molar-refractivity contribution is 6.30. The van der Waals surface area contributed by atoms with Gasteiger partial charge in [0.25, 0.3) is 5.69 Å². The minimum atomic E-state index is -0.976. The molecule has 0 saturated heterocycles. The lowest BCUT2D eigenvalue weighted by Gasteiger charge is -2.37. The highest BCUT2D eigenvalue weighted by Gasteiger charge is 2.48. The maximum absolute atomic E-state index is 13.9. The summed E-state index contributed by atoms with van der Waals surface area (Å²) in [5.74, 6) is -2.14. The molecule has 2 heterocycles. The van der Waals surface area contributed by atoms with Gasteiger partial charge in [0.05, 0.1) is 11.0 Å². The number of allylic oxidation sites excluding steroid dienone is 2. The van der Waals surface area contributed by atoms with Crippen LogP contribution in [0, 0.1) is 16.0 Å². The molecule has 2 aromatic rings. The third kappa shape index (κ3) is 4.87. The first-order valence-corrected chi connectivity index (χ1v) is 14.0. The lowest BCUT2D eigenvalue weighted by molar-refractivity contribution is -0.385. The summed E-state index contributed by atoms with van der Waals surface area (Å²) in [6.07, 6.45) is 5.04. The van der Waals surface area contributed by atoms with Gasteiger partial charge in [-0.1, -0.05) is 30.2 Å². The Labute approximate surface area is 236 Å². The Morgan fingerprint density at radius 1 is 1.07 bits per heavy atom. The fourth-order valence-corrected chi connectivity index (χ4v) is 6.57. The molecule has 0 spiro atoms. The van der Waals surface area contributed by atoms with Crippen LogP contribution in [0.2, 0.25) is 5.02 Å². The zero-order chi connectivity index (χ0) is 28.0. The Morgan fingerprint density at radius 2 is 1.77 bits per heavy atom. The number of benzene rings is 2. The fraction of sp³-hybridized carbons (Fsp3) is 0.433. The number of hydrogen-bond acceptors (Lipinski definition) is 8. The zero-order valence-corrected chi connectivity index (χ0v) is 22.8. The largest absolute Gasteiger partial charge is 0.462 e. The van der Waals surface area contributed by atoms with Crippen molar-refractivity contribution in [2.45, 2.75) is 69.8 Å². The summed E-state index contributed by atoms with van der Waals surface area (Å²) < 4.78 is 16.9. The summed E-state index contributed by atoms with van der Waals surface area (Å²) in [7, 11) is 0. The van der Waals surface area contributed by atoms with Crippen LogP contribution in [0.5, 0.6) is 11.5 Å². The second-order valence-corrected chi connectivity index (χ2v) is 11.3. The van der Waals surface area contributed by atoms with E-state index < -0.39 is 22.7 Å². The second kappa shape index (κ2) is 10.7. The number of nitro benzene ring substituents is 1. The van der Waals surface area contributed by atoms with Gasteiger partial charge >= 0.3 is 5.97 Å². The molecular weight excluding hydrogens is 536 g/mol. The first-order valence-electron chi connectivity index (χ1n) is 13.7. The molecule has 10 heteroatoms. The van der Waals surface area contributed by atoms with Crippen LogP contribution in [0.1, 0.15) is 74.8 Å². The normalized spacial score (nSPS) is 24.4. The Bertz CT molecular complexity index is 1440. The summed E-state index contributed by atoms with van der Waals surface area (Å²) in [5.41, 5.74) is 2.30. The number of fused-ring (bicyclic) bond motifs is 1. The average molecular weight is 565 g/mol. The lowest BCUT2D eigenvalue weighted by atomic mass is 9.69. The number of nitro groups is 1. The van der Waals surface area contributed by atoms with Crippen LogP contribution in [-0.4, -0.2) is 35.3 Å². The molecule has 1 unspecified atom stereocenters. The first-order chi connectivity index (χ1) is 19.3. The van der Waals surface area contributed by atoms with E-state index in [-0.39, 0.29) is 48.0 Å². The Kier molecular flexibility index (Phi) is 7.08. The standard InChI is InChI=1S/C30H29ClN2O7/c1-16-27(30(35)40-20-5-3-2-4-6-20)28(21-13-25-26(39-15-38-25)14-23(21)33(36)37)29-22(32-16)11-18(12-24(29)34)17-7-9-19(31)10-8-17/h7-10,13-14,18,20,27-28H,2-6,11-12,15H2,1H3/t18-,27?,28+/m1/s1. The molecule has 208 valence electrons. The number of ketones is 1. The third-order valence-electron chi connectivity index (χ3n) is 8.37. The molecule has 0 aromatic heterocycles. The molecule has 2 aliphatic carbocycles. The number of carbonyl (C=O) groups excluding carboxylic acids is 2. The number of carbonyl (C=O) groups is 2. The van der Waals surface area contributed by atoms with Crippen LogP contribution in [0.15, 0.2) is 52.7 Å². The number of hydrogen-bond donors (Lipinski definition) is 0.